The zero-order valence-electron chi connectivity index (χ0n) is 10.2. The van der Waals surface area contributed by atoms with Gasteiger partial charge in [-0.05, 0) is 25.9 Å². The minimum Gasteiger partial charge on any atom is -0.383 e. The molecule has 1 aliphatic heterocycles. The van der Waals surface area contributed by atoms with Crippen LogP contribution in [0.15, 0.2) is 0 Å². The Balaban J connectivity index is 1.77. The van der Waals surface area contributed by atoms with Gasteiger partial charge >= 0.3 is 0 Å². The molecular weight excluding hydrogens is 208 g/mol. The highest BCUT2D eigenvalue weighted by molar-refractivity contribution is 4.57. The molecule has 1 aliphatic rings. The van der Waals surface area contributed by atoms with Gasteiger partial charge in [-0.15, -0.1) is 0 Å². The molecule has 1 rings (SSSR count). The summed E-state index contributed by atoms with van der Waals surface area (Å²) in [6.45, 7) is 6.14. The number of rotatable bonds is 9. The van der Waals surface area contributed by atoms with Crippen molar-refractivity contribution in [1.82, 2.24) is 10.6 Å². The zero-order valence-corrected chi connectivity index (χ0v) is 10.2. The summed E-state index contributed by atoms with van der Waals surface area (Å²) in [6, 6.07) is 0. The molecular formula is C11H24N2O3. The molecule has 0 aliphatic carbocycles. The average Bonchev–Trinajstić information content (AvgIpc) is 2.34. The minimum absolute atomic E-state index is 0.0461. The van der Waals surface area contributed by atoms with Crippen LogP contribution >= 0.6 is 0 Å². The smallest absolute Gasteiger partial charge is 0.169 e. The molecule has 1 saturated heterocycles. The summed E-state index contributed by atoms with van der Waals surface area (Å²) in [5, 5.41) is 6.62. The largest absolute Gasteiger partial charge is 0.383 e. The lowest BCUT2D eigenvalue weighted by molar-refractivity contribution is -0.175. The van der Waals surface area contributed by atoms with E-state index in [2.05, 4.69) is 10.6 Å². The van der Waals surface area contributed by atoms with Crippen molar-refractivity contribution >= 4 is 0 Å². The first-order valence-corrected chi connectivity index (χ1v) is 6.07. The van der Waals surface area contributed by atoms with E-state index in [4.69, 9.17) is 14.2 Å². The Kier molecular flexibility index (Phi) is 8.65. The van der Waals surface area contributed by atoms with Crippen molar-refractivity contribution < 1.29 is 14.2 Å². The van der Waals surface area contributed by atoms with Gasteiger partial charge in [-0.2, -0.15) is 0 Å². The van der Waals surface area contributed by atoms with Crippen LogP contribution in [0.2, 0.25) is 0 Å². The van der Waals surface area contributed by atoms with E-state index in [-0.39, 0.29) is 6.29 Å². The minimum atomic E-state index is -0.0461. The number of ether oxygens (including phenoxy) is 3. The van der Waals surface area contributed by atoms with E-state index < -0.39 is 0 Å². The number of nitrogens with one attached hydrogen (secondary N) is 2. The van der Waals surface area contributed by atoms with E-state index in [0.29, 0.717) is 0 Å². The second-order valence-corrected chi connectivity index (χ2v) is 3.83. The van der Waals surface area contributed by atoms with E-state index in [1.165, 1.54) is 0 Å². The number of methoxy groups -OCH3 is 1. The molecule has 0 aromatic rings. The molecule has 16 heavy (non-hydrogen) atoms. The molecule has 0 bridgehead atoms. The normalized spacial score (nSPS) is 17.8. The van der Waals surface area contributed by atoms with Crippen LogP contribution in [0.5, 0.6) is 0 Å². The van der Waals surface area contributed by atoms with Crippen molar-refractivity contribution in [1.29, 1.82) is 0 Å². The average molecular weight is 232 g/mol. The van der Waals surface area contributed by atoms with Gasteiger partial charge in [-0.1, -0.05) is 0 Å². The van der Waals surface area contributed by atoms with Crippen LogP contribution in [0.25, 0.3) is 0 Å². The molecule has 0 aromatic carbocycles. The molecule has 0 radical (unpaired) electrons. The Morgan fingerprint density at radius 1 is 1.12 bits per heavy atom. The van der Waals surface area contributed by atoms with E-state index in [1.807, 2.05) is 0 Å². The second-order valence-electron chi connectivity index (χ2n) is 3.83. The first-order chi connectivity index (χ1) is 7.93. The SMILES string of the molecule is COCCNCCCNCC1OCCCO1. The van der Waals surface area contributed by atoms with Gasteiger partial charge in [-0.3, -0.25) is 0 Å². The van der Waals surface area contributed by atoms with Gasteiger partial charge in [0.2, 0.25) is 0 Å². The van der Waals surface area contributed by atoms with Crippen LogP contribution in [0, 0.1) is 0 Å². The molecule has 2 N–H and O–H groups in total. The molecule has 0 spiro atoms. The maximum Gasteiger partial charge on any atom is 0.169 e. The molecule has 0 saturated carbocycles. The summed E-state index contributed by atoms with van der Waals surface area (Å²) < 4.78 is 15.8. The van der Waals surface area contributed by atoms with Crippen LogP contribution in [0.3, 0.4) is 0 Å². The lowest BCUT2D eigenvalue weighted by atomic mass is 10.4. The summed E-state index contributed by atoms with van der Waals surface area (Å²) >= 11 is 0. The molecule has 0 unspecified atom stereocenters. The molecule has 0 aromatic heterocycles. The van der Waals surface area contributed by atoms with Crippen LogP contribution in [0.1, 0.15) is 12.8 Å². The monoisotopic (exact) mass is 232 g/mol. The van der Waals surface area contributed by atoms with E-state index >= 15 is 0 Å². The fraction of sp³-hybridized carbons (Fsp3) is 1.00. The quantitative estimate of drug-likeness (QED) is 0.547. The maximum atomic E-state index is 5.42. The van der Waals surface area contributed by atoms with Crippen molar-refractivity contribution in [2.24, 2.45) is 0 Å². The van der Waals surface area contributed by atoms with Crippen molar-refractivity contribution in [2.75, 3.05) is 53.1 Å². The molecule has 5 nitrogen and oxygen atoms in total. The molecule has 96 valence electrons. The van der Waals surface area contributed by atoms with Crippen molar-refractivity contribution in [2.45, 2.75) is 19.1 Å². The number of hydrogen-bond donors (Lipinski definition) is 2. The highest BCUT2D eigenvalue weighted by Gasteiger charge is 2.12. The van der Waals surface area contributed by atoms with Crippen LogP contribution < -0.4 is 10.6 Å². The lowest BCUT2D eigenvalue weighted by Gasteiger charge is -2.23. The Hall–Kier alpha value is -0.200. The van der Waals surface area contributed by atoms with Crippen LogP contribution in [0.4, 0.5) is 0 Å². The first-order valence-electron chi connectivity index (χ1n) is 6.07. The maximum absolute atomic E-state index is 5.42. The third kappa shape index (κ3) is 7.14. The molecule has 1 heterocycles. The predicted octanol–water partition coefficient (Wildman–Crippen LogP) is -0.0349. The fourth-order valence-electron chi connectivity index (χ4n) is 1.51. The van der Waals surface area contributed by atoms with E-state index in [0.717, 1.165) is 58.8 Å². The molecule has 1 fully saturated rings. The summed E-state index contributed by atoms with van der Waals surface area (Å²) in [4.78, 5) is 0. The zero-order chi connectivity index (χ0) is 11.5. The topological polar surface area (TPSA) is 51.8 Å². The van der Waals surface area contributed by atoms with E-state index in [1.54, 1.807) is 7.11 Å². The van der Waals surface area contributed by atoms with E-state index in [9.17, 15) is 0 Å². The Bertz CT molecular complexity index is 152. The van der Waals surface area contributed by atoms with Crippen LogP contribution in [-0.2, 0) is 14.2 Å². The standard InChI is InChI=1S/C11H24N2O3/c1-14-9-6-12-4-2-5-13-10-11-15-7-3-8-16-11/h11-13H,2-10H2,1H3. The fourth-order valence-corrected chi connectivity index (χ4v) is 1.51. The first kappa shape index (κ1) is 13.9. The van der Waals surface area contributed by atoms with Gasteiger partial charge in [0.25, 0.3) is 0 Å². The van der Waals surface area contributed by atoms with Crippen molar-refractivity contribution in [3.8, 4) is 0 Å². The van der Waals surface area contributed by atoms with Gasteiger partial charge in [-0.25, -0.2) is 0 Å². The Morgan fingerprint density at radius 3 is 2.62 bits per heavy atom. The summed E-state index contributed by atoms with van der Waals surface area (Å²) in [7, 11) is 1.72. The van der Waals surface area contributed by atoms with Crippen molar-refractivity contribution in [3.63, 3.8) is 0 Å². The Labute approximate surface area is 97.8 Å². The third-order valence-electron chi connectivity index (χ3n) is 2.40. The highest BCUT2D eigenvalue weighted by Crippen LogP contribution is 2.02. The number of hydrogen-bond acceptors (Lipinski definition) is 5. The van der Waals surface area contributed by atoms with Crippen molar-refractivity contribution in [3.05, 3.63) is 0 Å². The third-order valence-corrected chi connectivity index (χ3v) is 2.40. The molecule has 0 amide bonds. The lowest BCUT2D eigenvalue weighted by Crippen LogP contribution is -2.36. The van der Waals surface area contributed by atoms with Gasteiger partial charge in [0.05, 0.1) is 19.8 Å². The highest BCUT2D eigenvalue weighted by atomic mass is 16.7. The summed E-state index contributed by atoms with van der Waals surface area (Å²) in [5.74, 6) is 0. The summed E-state index contributed by atoms with van der Waals surface area (Å²) in [5.41, 5.74) is 0. The second kappa shape index (κ2) is 9.99. The predicted molar refractivity (Wildman–Crippen MR) is 62.5 cm³/mol. The Morgan fingerprint density at radius 2 is 1.88 bits per heavy atom. The molecule has 5 heteroatoms. The van der Waals surface area contributed by atoms with Gasteiger partial charge in [0.1, 0.15) is 0 Å². The van der Waals surface area contributed by atoms with Crippen LogP contribution in [-0.4, -0.2) is 59.4 Å². The summed E-state index contributed by atoms with van der Waals surface area (Å²) in [6.07, 6.45) is 2.08. The van der Waals surface area contributed by atoms with Gasteiger partial charge < -0.3 is 24.8 Å². The van der Waals surface area contributed by atoms with Gasteiger partial charge in [0.15, 0.2) is 6.29 Å². The van der Waals surface area contributed by atoms with Gasteiger partial charge in [0, 0.05) is 20.2 Å². The molecule has 0 atom stereocenters.